The molecule has 0 aromatic carbocycles. The quantitative estimate of drug-likeness (QED) is 0.0199. The predicted molar refractivity (Wildman–Crippen MR) is 338 cm³/mol. The number of likely N-dealkylation sites (tertiary alicyclic amines) is 1. The molecule has 0 bridgehead atoms. The summed E-state index contributed by atoms with van der Waals surface area (Å²) >= 11 is 0. The first-order valence-electron chi connectivity index (χ1n) is 30.8. The van der Waals surface area contributed by atoms with Gasteiger partial charge in [-0.3, -0.25) is 86.8 Å². The number of carboxylic acids is 4. The van der Waals surface area contributed by atoms with E-state index in [9.17, 15) is 102 Å². The van der Waals surface area contributed by atoms with Crippen LogP contribution in [0.1, 0.15) is 106 Å². The van der Waals surface area contributed by atoms with Crippen molar-refractivity contribution in [2.75, 3.05) is 47.5 Å². The van der Waals surface area contributed by atoms with Gasteiger partial charge in [0.25, 0.3) is 0 Å². The Morgan fingerprint density at radius 2 is 1.02 bits per heavy atom. The number of carboxylic acid groups (broad SMARTS) is 4. The largest absolute Gasteiger partial charge is 0.500 e. The van der Waals surface area contributed by atoms with Crippen LogP contribution in [-0.4, -0.2) is 266 Å². The Kier molecular flexibility index (Phi) is 36.7. The van der Waals surface area contributed by atoms with Crippen LogP contribution in [0.4, 0.5) is 4.79 Å². The molecule has 1 rings (SSSR count). The molecule has 552 valence electrons. The van der Waals surface area contributed by atoms with E-state index in [0.29, 0.717) is 4.90 Å². The maximum Gasteiger partial charge on any atom is 0.500 e. The lowest BCUT2D eigenvalue weighted by Gasteiger charge is -2.33. The van der Waals surface area contributed by atoms with Crippen LogP contribution in [0.2, 0.25) is 6.04 Å². The van der Waals surface area contributed by atoms with Gasteiger partial charge in [-0.15, -0.1) is 0 Å². The lowest BCUT2D eigenvalue weighted by molar-refractivity contribution is -0.146. The van der Waals surface area contributed by atoms with Crippen molar-refractivity contribution in [3.05, 3.63) is 0 Å². The van der Waals surface area contributed by atoms with Crippen molar-refractivity contribution in [3.63, 3.8) is 0 Å². The number of hydrogen-bond donors (Lipinski definition) is 18. The lowest BCUT2D eigenvalue weighted by atomic mass is 9.96. The Hall–Kier alpha value is -9.52. The SMILES string of the molecule is CC[C@H](C)[C@H](NC(=O)[C@H](CC(N)=O)NC(=O)[C@H](CC(=O)O)NC(=O)[C@H](CC(N)=O)N(CC(N)C(=O)O)C(=O)NCCC[Si](OC)(OC)OC)C(=O)N[C@@H](CC(=O)O)C(=O)N1CCC[C@H]1C(=O)N[C@@H](CC(N)=O)C(=O)N[C@@H](C)C(=O)N[C@H](C(=O)N[C@@H](C)C(=O)CNC(C)C(=O)O)C(C)C. The molecule has 0 spiro atoms. The van der Waals surface area contributed by atoms with Gasteiger partial charge >= 0.3 is 38.7 Å². The third-order valence-corrected chi connectivity index (χ3v) is 18.3. The molecule has 13 atom stereocenters. The minimum atomic E-state index is -3.18. The van der Waals surface area contributed by atoms with E-state index in [1.54, 1.807) is 13.8 Å². The van der Waals surface area contributed by atoms with Gasteiger partial charge in [-0.2, -0.15) is 0 Å². The molecule has 14 amide bonds. The highest BCUT2D eigenvalue weighted by Gasteiger charge is 2.44. The van der Waals surface area contributed by atoms with Crippen molar-refractivity contribution in [2.45, 2.75) is 185 Å². The molecule has 0 aliphatic carbocycles. The Morgan fingerprint density at radius 3 is 1.52 bits per heavy atom. The van der Waals surface area contributed by atoms with Crippen molar-refractivity contribution in [1.82, 2.24) is 63.0 Å². The second-order valence-corrected chi connectivity index (χ2v) is 26.4. The van der Waals surface area contributed by atoms with E-state index in [2.05, 4.69) is 47.9 Å². The molecule has 0 aromatic rings. The van der Waals surface area contributed by atoms with Crippen LogP contribution in [0.5, 0.6) is 0 Å². The lowest BCUT2D eigenvalue weighted by Crippen LogP contribution is -2.62. The summed E-state index contributed by atoms with van der Waals surface area (Å²) in [6.07, 6.45) is -5.43. The summed E-state index contributed by atoms with van der Waals surface area (Å²) < 4.78 is 16.0. The number of aliphatic carboxylic acids is 4. The molecule has 1 fully saturated rings. The Balaban J connectivity index is 3.52. The summed E-state index contributed by atoms with van der Waals surface area (Å²) in [5, 5.41) is 61.6. The predicted octanol–water partition coefficient (Wildman–Crippen LogP) is -8.13. The number of ketones is 1. The molecule has 0 aromatic heterocycles. The van der Waals surface area contributed by atoms with Crippen LogP contribution in [-0.2, 0) is 94.8 Å². The van der Waals surface area contributed by atoms with E-state index >= 15 is 0 Å². The normalized spacial score (nSPS) is 16.5. The maximum absolute atomic E-state index is 14.4. The van der Waals surface area contributed by atoms with Gasteiger partial charge in [0.2, 0.25) is 70.9 Å². The number of primary amides is 3. The Bertz CT molecular complexity index is 2910. The van der Waals surface area contributed by atoms with E-state index in [-0.39, 0.29) is 44.8 Å². The zero-order valence-corrected chi connectivity index (χ0v) is 57.0. The molecule has 1 aliphatic heterocycles. The van der Waals surface area contributed by atoms with Crippen molar-refractivity contribution in [1.29, 1.82) is 0 Å². The molecular weight excluding hydrogens is 1320 g/mol. The third-order valence-electron chi connectivity index (χ3n) is 15.4. The highest BCUT2D eigenvalue weighted by Crippen LogP contribution is 2.21. The minimum Gasteiger partial charge on any atom is -0.481 e. The number of Topliss-reactive ketones (excluding diaryl/α,β-unsaturated/α-hetero) is 1. The minimum absolute atomic E-state index is 0.0414. The summed E-state index contributed by atoms with van der Waals surface area (Å²) in [4.78, 5) is 238. The first kappa shape index (κ1) is 86.5. The standard InChI is InChI=1S/C56H94N16O25Si/c1-11-26(4)44(70-48(84)32(19-39(59)75)65-47(83)33(20-41(77)78)67-50(86)36(22-40(60)76)72(24-30(57)55(92)93)56(94)61-15-13-17-98(95-8,96-9)97-10)52(88)68-34(21-42(79)80)53(89)71-16-12-14-35(71)49(85)66-31(18-38(58)74)46(82)64-28(6)45(81)69-43(25(2)3)51(87)63-27(5)37(73)23-62-29(7)54(90)91/h25-36,43-44,62H,11-24,57H2,1-10H3,(H2,58,74)(H2,59,75)(H2,60,76)(H,61,94)(H,63,87)(H,64,82)(H,65,83)(H,66,85)(H,67,86)(H,68,88)(H,69,81)(H,70,84)(H,77,78)(H,79,80)(H,90,91)(H,92,93)/t26-,27-,28-,29?,30?,31-,32-,33-,34-,35-,36-,43-,44-/m0/s1. The Morgan fingerprint density at radius 1 is 0.551 bits per heavy atom. The molecule has 1 saturated heterocycles. The fourth-order valence-corrected chi connectivity index (χ4v) is 11.2. The number of carbonyl (C=O) groups is 18. The average Bonchev–Trinajstić information content (AvgIpc) is 1.52. The zero-order valence-electron chi connectivity index (χ0n) is 56.0. The third kappa shape index (κ3) is 28.7. The van der Waals surface area contributed by atoms with Gasteiger partial charge in [-0.1, -0.05) is 34.1 Å². The summed E-state index contributed by atoms with van der Waals surface area (Å²) in [5.41, 5.74) is 22.0. The number of hydrogen-bond acceptors (Lipinski definition) is 23. The van der Waals surface area contributed by atoms with Gasteiger partial charge in [0.05, 0.1) is 44.7 Å². The van der Waals surface area contributed by atoms with Gasteiger partial charge in [0, 0.05) is 47.0 Å². The van der Waals surface area contributed by atoms with E-state index in [1.807, 2.05) is 5.32 Å². The van der Waals surface area contributed by atoms with Crippen LogP contribution in [0.25, 0.3) is 0 Å². The number of nitrogens with one attached hydrogen (secondary N) is 10. The van der Waals surface area contributed by atoms with Gasteiger partial charge < -0.3 is 114 Å². The number of amides is 14. The highest BCUT2D eigenvalue weighted by atomic mass is 28.4. The number of rotatable bonds is 46. The topological polar surface area (TPSA) is 647 Å². The van der Waals surface area contributed by atoms with Crippen LogP contribution in [0, 0.1) is 11.8 Å². The average molecular weight is 1420 g/mol. The van der Waals surface area contributed by atoms with E-state index in [1.165, 1.54) is 55.9 Å². The fraction of sp³-hybridized carbons (Fsp3) is 0.679. The monoisotopic (exact) mass is 1420 g/mol. The van der Waals surface area contributed by atoms with Crippen molar-refractivity contribution in [3.8, 4) is 0 Å². The number of urea groups is 1. The Labute approximate surface area is 563 Å². The fourth-order valence-electron chi connectivity index (χ4n) is 9.51. The van der Waals surface area contributed by atoms with Crippen molar-refractivity contribution in [2.24, 2.45) is 34.8 Å². The summed E-state index contributed by atoms with van der Waals surface area (Å²) in [6.45, 7) is 8.00. The van der Waals surface area contributed by atoms with Crippen LogP contribution in [0.3, 0.4) is 0 Å². The molecule has 0 radical (unpaired) electrons. The second-order valence-electron chi connectivity index (χ2n) is 23.4. The highest BCUT2D eigenvalue weighted by molar-refractivity contribution is 6.60. The molecule has 0 saturated carbocycles. The van der Waals surface area contributed by atoms with Crippen LogP contribution in [0.15, 0.2) is 0 Å². The zero-order chi connectivity index (χ0) is 75.2. The first-order valence-corrected chi connectivity index (χ1v) is 32.7. The molecular formula is C56H94N16O25Si. The van der Waals surface area contributed by atoms with E-state index < -0.39 is 245 Å². The summed E-state index contributed by atoms with van der Waals surface area (Å²) in [5.74, 6) is -23.1. The molecule has 2 unspecified atom stereocenters. The molecule has 1 heterocycles. The molecule has 41 nitrogen and oxygen atoms in total. The van der Waals surface area contributed by atoms with Crippen LogP contribution < -0.4 is 76.1 Å². The van der Waals surface area contributed by atoms with E-state index in [0.717, 1.165) is 4.90 Å². The van der Waals surface area contributed by atoms with Gasteiger partial charge in [-0.05, 0) is 51.9 Å². The van der Waals surface area contributed by atoms with Gasteiger partial charge in [0.1, 0.15) is 66.5 Å². The second kappa shape index (κ2) is 41.5. The van der Waals surface area contributed by atoms with Crippen LogP contribution >= 0.6 is 0 Å². The molecule has 42 heteroatoms. The molecule has 98 heavy (non-hydrogen) atoms. The van der Waals surface area contributed by atoms with Gasteiger partial charge in [0.15, 0.2) is 5.78 Å². The number of nitrogens with zero attached hydrogens (tertiary/aromatic N) is 2. The summed E-state index contributed by atoms with van der Waals surface area (Å²) in [6, 6.07) is -21.6. The van der Waals surface area contributed by atoms with Crippen molar-refractivity contribution < 1.29 is 120 Å². The maximum atomic E-state index is 14.4. The van der Waals surface area contributed by atoms with E-state index in [4.69, 9.17) is 41.3 Å². The molecule has 22 N–H and O–H groups in total. The number of carbonyl (C=O) groups excluding carboxylic acids is 14. The van der Waals surface area contributed by atoms with Gasteiger partial charge in [-0.25, -0.2) is 4.79 Å². The smallest absolute Gasteiger partial charge is 0.481 e. The number of nitrogens with two attached hydrogens (primary N) is 4. The summed E-state index contributed by atoms with van der Waals surface area (Å²) in [7, 11) is 0.800. The molecule has 1 aliphatic rings. The van der Waals surface area contributed by atoms with Crippen molar-refractivity contribution >= 4 is 115 Å². The first-order chi connectivity index (χ1) is 45.6.